The van der Waals surface area contributed by atoms with Gasteiger partial charge in [0, 0.05) is 0 Å². The predicted molar refractivity (Wildman–Crippen MR) is 99.1 cm³/mol. The molecule has 2 aromatic rings. The number of hydrogen-bond donors (Lipinski definition) is 0. The van der Waals surface area contributed by atoms with Crippen LogP contribution < -0.4 is 0 Å². The number of methoxy groups -OCH3 is 1. The van der Waals surface area contributed by atoms with Crippen LogP contribution in [-0.4, -0.2) is 25.2 Å². The van der Waals surface area contributed by atoms with E-state index >= 15 is 0 Å². The predicted octanol–water partition coefficient (Wildman–Crippen LogP) is 4.12. The molecule has 0 radical (unpaired) electrons. The van der Waals surface area contributed by atoms with E-state index in [4.69, 9.17) is 9.47 Å². The summed E-state index contributed by atoms with van der Waals surface area (Å²) >= 11 is 0. The Kier molecular flexibility index (Phi) is 5.12. The third-order valence-electron chi connectivity index (χ3n) is 5.21. The van der Waals surface area contributed by atoms with Gasteiger partial charge in [-0.25, -0.2) is 4.79 Å². The van der Waals surface area contributed by atoms with Crippen LogP contribution in [-0.2, 0) is 19.7 Å². The van der Waals surface area contributed by atoms with Gasteiger partial charge in [-0.15, -0.1) is 0 Å². The summed E-state index contributed by atoms with van der Waals surface area (Å²) in [5.41, 5.74) is 2.50. The van der Waals surface area contributed by atoms with Gasteiger partial charge in [0.1, 0.15) is 11.5 Å². The van der Waals surface area contributed by atoms with Crippen LogP contribution in [0.5, 0.6) is 0 Å². The maximum Gasteiger partial charge on any atom is 0.338 e. The number of rotatable bonds is 4. The van der Waals surface area contributed by atoms with Gasteiger partial charge in [-0.3, -0.25) is 4.79 Å². The summed E-state index contributed by atoms with van der Waals surface area (Å²) in [4.78, 5) is 25.5. The summed E-state index contributed by atoms with van der Waals surface area (Å²) < 4.78 is 11.0. The fourth-order valence-corrected chi connectivity index (χ4v) is 3.82. The first-order valence-electron chi connectivity index (χ1n) is 8.90. The zero-order chi connectivity index (χ0) is 18.7. The molecule has 1 aliphatic rings. The lowest BCUT2D eigenvalue weighted by Crippen LogP contribution is -2.45. The second kappa shape index (κ2) is 7.32. The third-order valence-corrected chi connectivity index (χ3v) is 5.21. The van der Waals surface area contributed by atoms with Crippen molar-refractivity contribution in [3.8, 4) is 0 Å². The first-order chi connectivity index (χ1) is 12.5. The Morgan fingerprint density at radius 3 is 2.42 bits per heavy atom. The molecule has 4 nitrogen and oxygen atoms in total. The van der Waals surface area contributed by atoms with E-state index in [9.17, 15) is 9.59 Å². The quantitative estimate of drug-likeness (QED) is 0.777. The summed E-state index contributed by atoms with van der Waals surface area (Å²) in [5, 5.41) is 0. The van der Waals surface area contributed by atoms with Crippen molar-refractivity contribution in [1.82, 2.24) is 0 Å². The maximum absolute atomic E-state index is 12.8. The largest absolute Gasteiger partial charge is 0.468 e. The van der Waals surface area contributed by atoms with E-state index in [2.05, 4.69) is 0 Å². The molecular formula is C22H24O4. The van der Waals surface area contributed by atoms with E-state index in [1.165, 1.54) is 7.11 Å². The Balaban J connectivity index is 1.95. The highest BCUT2D eigenvalue weighted by Gasteiger charge is 2.53. The van der Waals surface area contributed by atoms with Crippen LogP contribution >= 0.6 is 0 Å². The van der Waals surface area contributed by atoms with Crippen LogP contribution in [0.2, 0.25) is 0 Å². The Morgan fingerprint density at radius 1 is 1.04 bits per heavy atom. The average molecular weight is 352 g/mol. The van der Waals surface area contributed by atoms with Crippen LogP contribution in [0, 0.1) is 13.8 Å². The number of aryl methyl sites for hydroxylation is 2. The van der Waals surface area contributed by atoms with Crippen molar-refractivity contribution in [2.75, 3.05) is 7.11 Å². The van der Waals surface area contributed by atoms with E-state index in [1.54, 1.807) is 12.1 Å². The van der Waals surface area contributed by atoms with Crippen LogP contribution in [0.25, 0.3) is 0 Å². The fraction of sp³-hybridized carbons (Fsp3) is 0.364. The zero-order valence-electron chi connectivity index (χ0n) is 15.5. The lowest BCUT2D eigenvalue weighted by Gasteiger charge is -2.33. The number of esters is 2. The van der Waals surface area contributed by atoms with Crippen LogP contribution in [0.1, 0.15) is 46.3 Å². The summed E-state index contributed by atoms with van der Waals surface area (Å²) in [6.45, 7) is 3.93. The van der Waals surface area contributed by atoms with E-state index in [1.807, 2.05) is 50.2 Å². The number of carbonyl (C=O) groups is 2. The highest BCUT2D eigenvalue weighted by molar-refractivity contribution is 5.91. The number of carbonyl (C=O) groups excluding carboxylic acids is 2. The Bertz CT molecular complexity index is 809. The minimum absolute atomic E-state index is 0.346. The highest BCUT2D eigenvalue weighted by Crippen LogP contribution is 2.44. The smallest absolute Gasteiger partial charge is 0.338 e. The van der Waals surface area contributed by atoms with Gasteiger partial charge in [-0.2, -0.15) is 0 Å². The van der Waals surface area contributed by atoms with E-state index in [-0.39, 0.29) is 5.97 Å². The zero-order valence-corrected chi connectivity index (χ0v) is 15.5. The highest BCUT2D eigenvalue weighted by atomic mass is 16.6. The molecule has 0 saturated heterocycles. The average Bonchev–Trinajstić information content (AvgIpc) is 3.06. The first kappa shape index (κ1) is 18.2. The summed E-state index contributed by atoms with van der Waals surface area (Å²) in [5.74, 6) is -0.748. The molecule has 0 N–H and O–H groups in total. The maximum atomic E-state index is 12.8. The normalized spacial score (nSPS) is 22.0. The van der Waals surface area contributed by atoms with Crippen molar-refractivity contribution < 1.29 is 19.1 Å². The van der Waals surface area contributed by atoms with E-state index < -0.39 is 17.5 Å². The summed E-state index contributed by atoms with van der Waals surface area (Å²) in [6.07, 6.45) is 1.51. The number of ether oxygens (including phenoxy) is 2. The third kappa shape index (κ3) is 3.24. The Morgan fingerprint density at radius 2 is 1.77 bits per heavy atom. The molecule has 1 fully saturated rings. The van der Waals surface area contributed by atoms with E-state index in [0.29, 0.717) is 18.4 Å². The van der Waals surface area contributed by atoms with Crippen molar-refractivity contribution in [3.63, 3.8) is 0 Å². The van der Waals surface area contributed by atoms with Gasteiger partial charge in [0.05, 0.1) is 12.7 Å². The molecule has 0 heterocycles. The molecule has 26 heavy (non-hydrogen) atoms. The van der Waals surface area contributed by atoms with Crippen LogP contribution in [0.3, 0.4) is 0 Å². The van der Waals surface area contributed by atoms with Crippen molar-refractivity contribution >= 4 is 11.9 Å². The summed E-state index contributed by atoms with van der Waals surface area (Å²) in [7, 11) is 1.38. The molecule has 0 bridgehead atoms. The number of benzene rings is 2. The molecule has 2 atom stereocenters. The molecule has 136 valence electrons. The summed E-state index contributed by atoms with van der Waals surface area (Å²) in [6, 6.07) is 15.1. The van der Waals surface area contributed by atoms with Crippen molar-refractivity contribution in [2.24, 2.45) is 0 Å². The minimum Gasteiger partial charge on any atom is -0.468 e. The molecule has 4 heteroatoms. The first-order valence-corrected chi connectivity index (χ1v) is 8.90. The lowest BCUT2D eigenvalue weighted by molar-refractivity contribution is -0.151. The Hall–Kier alpha value is -2.62. The van der Waals surface area contributed by atoms with Gasteiger partial charge in [-0.05, 0) is 50.8 Å². The molecule has 0 aromatic heterocycles. The second-order valence-electron chi connectivity index (χ2n) is 6.98. The van der Waals surface area contributed by atoms with Gasteiger partial charge in [0.15, 0.2) is 0 Å². The molecule has 0 aliphatic heterocycles. The second-order valence-corrected chi connectivity index (χ2v) is 6.98. The van der Waals surface area contributed by atoms with Gasteiger partial charge in [0.25, 0.3) is 0 Å². The lowest BCUT2D eigenvalue weighted by atomic mass is 9.76. The molecule has 3 rings (SSSR count). The molecule has 0 spiro atoms. The SMILES string of the molecule is COC(=O)C1(c2ccc(C)cc2)CCCC1OC(=O)c1cccc(C)c1. The molecule has 1 aliphatic carbocycles. The van der Waals surface area contributed by atoms with Crippen molar-refractivity contribution in [1.29, 1.82) is 0 Å². The monoisotopic (exact) mass is 352 g/mol. The van der Waals surface area contributed by atoms with Gasteiger partial charge in [0.2, 0.25) is 0 Å². The fourth-order valence-electron chi connectivity index (χ4n) is 3.82. The van der Waals surface area contributed by atoms with Gasteiger partial charge < -0.3 is 9.47 Å². The molecule has 2 unspecified atom stereocenters. The standard InChI is InChI=1S/C22H24O4/c1-15-9-11-18(12-10-15)22(21(24)25-3)13-5-8-19(22)26-20(23)17-7-4-6-16(2)14-17/h4,6-7,9-12,14,19H,5,8,13H2,1-3H3. The van der Waals surface area contributed by atoms with Gasteiger partial charge in [-0.1, -0.05) is 47.5 Å². The van der Waals surface area contributed by atoms with Crippen molar-refractivity contribution in [3.05, 3.63) is 70.8 Å². The molecule has 1 saturated carbocycles. The molecule has 0 amide bonds. The molecular weight excluding hydrogens is 328 g/mol. The Labute approximate surface area is 154 Å². The van der Waals surface area contributed by atoms with Crippen LogP contribution in [0.15, 0.2) is 48.5 Å². The number of hydrogen-bond acceptors (Lipinski definition) is 4. The van der Waals surface area contributed by atoms with Crippen molar-refractivity contribution in [2.45, 2.75) is 44.6 Å². The minimum atomic E-state index is -0.943. The van der Waals surface area contributed by atoms with Gasteiger partial charge >= 0.3 is 11.9 Å². The molecule has 2 aromatic carbocycles. The topological polar surface area (TPSA) is 52.6 Å². The van der Waals surface area contributed by atoms with Crippen LogP contribution in [0.4, 0.5) is 0 Å². The van der Waals surface area contributed by atoms with E-state index in [0.717, 1.165) is 23.1 Å².